The van der Waals surface area contributed by atoms with Crippen LogP contribution in [0.4, 0.5) is 0 Å². The van der Waals surface area contributed by atoms with Gasteiger partial charge in [-0.25, -0.2) is 15.0 Å². The second kappa shape index (κ2) is 6.40. The highest BCUT2D eigenvalue weighted by molar-refractivity contribution is 5.74. The first kappa shape index (κ1) is 15.4. The number of aromatic amines is 1. The number of nitrogens with one attached hydrogen (secondary N) is 1. The molecule has 8 nitrogen and oxygen atoms in total. The second-order valence-electron chi connectivity index (χ2n) is 5.92. The smallest absolute Gasteiger partial charge is 0.321 e. The van der Waals surface area contributed by atoms with Crippen LogP contribution in [0.15, 0.2) is 43.1 Å². The summed E-state index contributed by atoms with van der Waals surface area (Å²) in [6.07, 6.45) is 7.13. The molecule has 0 amide bonds. The number of H-pyrrole nitrogens is 1. The largest absolute Gasteiger partial charge is 0.480 e. The maximum atomic E-state index is 11.6. The molecule has 1 aliphatic heterocycles. The quantitative estimate of drug-likeness (QED) is 0.738. The van der Waals surface area contributed by atoms with Crippen molar-refractivity contribution in [3.05, 3.63) is 60.1 Å². The van der Waals surface area contributed by atoms with E-state index in [0.717, 1.165) is 17.0 Å². The summed E-state index contributed by atoms with van der Waals surface area (Å²) in [6, 6.07) is 4.96. The summed E-state index contributed by atoms with van der Waals surface area (Å²) in [5.41, 5.74) is 3.35. The van der Waals surface area contributed by atoms with Crippen molar-refractivity contribution >= 4 is 5.97 Å². The van der Waals surface area contributed by atoms with E-state index in [1.807, 2.05) is 23.1 Å². The predicted molar refractivity (Wildman–Crippen MR) is 88.2 cm³/mol. The molecular weight excluding hydrogens is 320 g/mol. The Morgan fingerprint density at radius 3 is 2.80 bits per heavy atom. The summed E-state index contributed by atoms with van der Waals surface area (Å²) in [7, 11) is 0. The van der Waals surface area contributed by atoms with Crippen molar-refractivity contribution in [1.82, 2.24) is 29.8 Å². The highest BCUT2D eigenvalue weighted by Crippen LogP contribution is 2.23. The number of rotatable bonds is 4. The van der Waals surface area contributed by atoms with Gasteiger partial charge in [0.05, 0.1) is 17.7 Å². The summed E-state index contributed by atoms with van der Waals surface area (Å²) in [5.74, 6) is -0.298. The Kier molecular flexibility index (Phi) is 3.95. The third-order valence-corrected chi connectivity index (χ3v) is 4.27. The maximum Gasteiger partial charge on any atom is 0.321 e. The molecule has 1 aliphatic rings. The number of aromatic nitrogens is 5. The Bertz CT molecular complexity index is 878. The fourth-order valence-electron chi connectivity index (χ4n) is 3.00. The number of nitrogens with zero attached hydrogens (tertiary/aromatic N) is 5. The van der Waals surface area contributed by atoms with Crippen LogP contribution in [-0.4, -0.2) is 46.9 Å². The second-order valence-corrected chi connectivity index (χ2v) is 5.92. The fourth-order valence-corrected chi connectivity index (χ4v) is 3.00. The molecule has 25 heavy (non-hydrogen) atoms. The summed E-state index contributed by atoms with van der Waals surface area (Å²) >= 11 is 0. The van der Waals surface area contributed by atoms with Crippen LogP contribution in [0.2, 0.25) is 0 Å². The molecule has 4 rings (SSSR count). The van der Waals surface area contributed by atoms with Crippen LogP contribution in [0.5, 0.6) is 0 Å². The minimum absolute atomic E-state index is 0.390. The van der Waals surface area contributed by atoms with Gasteiger partial charge in [0.15, 0.2) is 5.82 Å². The van der Waals surface area contributed by atoms with Crippen LogP contribution in [0, 0.1) is 0 Å². The predicted octanol–water partition coefficient (Wildman–Crippen LogP) is 1.27. The van der Waals surface area contributed by atoms with Gasteiger partial charge in [-0.15, -0.1) is 0 Å². The van der Waals surface area contributed by atoms with Gasteiger partial charge >= 0.3 is 5.97 Å². The average molecular weight is 336 g/mol. The number of imidazole rings is 1. The van der Waals surface area contributed by atoms with Gasteiger partial charge in [0.1, 0.15) is 11.7 Å². The van der Waals surface area contributed by atoms with Crippen LogP contribution in [0.1, 0.15) is 17.0 Å². The Labute approximate surface area is 143 Å². The molecule has 4 heterocycles. The van der Waals surface area contributed by atoms with Gasteiger partial charge in [-0.2, -0.15) is 0 Å². The van der Waals surface area contributed by atoms with Crippen molar-refractivity contribution in [2.24, 2.45) is 0 Å². The lowest BCUT2D eigenvalue weighted by Gasteiger charge is -2.32. The number of hydrogen-bond donors (Lipinski definition) is 2. The first-order valence-corrected chi connectivity index (χ1v) is 7.91. The number of pyridine rings is 1. The van der Waals surface area contributed by atoms with Crippen molar-refractivity contribution in [3.8, 4) is 11.5 Å². The molecule has 126 valence electrons. The Balaban J connectivity index is 1.54. The Morgan fingerprint density at radius 1 is 1.24 bits per heavy atom. The topological polar surface area (TPSA) is 108 Å². The van der Waals surface area contributed by atoms with Crippen molar-refractivity contribution in [2.45, 2.75) is 25.6 Å². The van der Waals surface area contributed by atoms with E-state index in [-0.39, 0.29) is 0 Å². The monoisotopic (exact) mass is 336 g/mol. The molecule has 0 spiro atoms. The van der Waals surface area contributed by atoms with Gasteiger partial charge in [0.25, 0.3) is 0 Å². The van der Waals surface area contributed by atoms with E-state index >= 15 is 0 Å². The molecule has 0 saturated heterocycles. The van der Waals surface area contributed by atoms with Crippen LogP contribution < -0.4 is 0 Å². The van der Waals surface area contributed by atoms with E-state index < -0.39 is 12.0 Å². The lowest BCUT2D eigenvalue weighted by Crippen LogP contribution is -2.45. The van der Waals surface area contributed by atoms with Gasteiger partial charge in [-0.1, -0.05) is 6.07 Å². The van der Waals surface area contributed by atoms with E-state index in [1.165, 1.54) is 0 Å². The molecular formula is C17H16N6O2. The van der Waals surface area contributed by atoms with Crippen molar-refractivity contribution < 1.29 is 9.90 Å². The third kappa shape index (κ3) is 3.11. The first-order chi connectivity index (χ1) is 12.2. The molecule has 8 heteroatoms. The molecule has 3 aromatic heterocycles. The zero-order valence-corrected chi connectivity index (χ0v) is 13.3. The van der Waals surface area contributed by atoms with E-state index in [9.17, 15) is 9.90 Å². The van der Waals surface area contributed by atoms with Crippen molar-refractivity contribution in [3.63, 3.8) is 0 Å². The molecule has 0 aromatic carbocycles. The molecule has 0 saturated carbocycles. The van der Waals surface area contributed by atoms with Gasteiger partial charge in [0, 0.05) is 43.7 Å². The summed E-state index contributed by atoms with van der Waals surface area (Å²) < 4.78 is 0. The van der Waals surface area contributed by atoms with Crippen LogP contribution in [-0.2, 0) is 24.3 Å². The standard InChI is InChI=1S/C17H16N6O2/c24-17(25)15-5-13-14(22-10-21-13)9-23(15)8-11-6-19-16(20-7-11)12-3-1-2-4-18-12/h1-4,6-7,10,15H,5,8-9H2,(H,21,22)(H,24,25)/t15-/m0/s1. The molecule has 3 aromatic rings. The Morgan fingerprint density at radius 2 is 2.08 bits per heavy atom. The molecule has 1 atom stereocenters. The van der Waals surface area contributed by atoms with Gasteiger partial charge in [-0.05, 0) is 12.1 Å². The van der Waals surface area contributed by atoms with Crippen LogP contribution in [0.25, 0.3) is 11.5 Å². The lowest BCUT2D eigenvalue weighted by molar-refractivity contribution is -0.144. The van der Waals surface area contributed by atoms with Crippen molar-refractivity contribution in [1.29, 1.82) is 0 Å². The fraction of sp³-hybridized carbons (Fsp3) is 0.235. The van der Waals surface area contributed by atoms with E-state index in [4.69, 9.17) is 0 Å². The zero-order valence-electron chi connectivity index (χ0n) is 13.3. The maximum absolute atomic E-state index is 11.6. The highest BCUT2D eigenvalue weighted by atomic mass is 16.4. The van der Waals surface area contributed by atoms with Gasteiger partial charge < -0.3 is 10.1 Å². The Hall–Kier alpha value is -3.13. The molecule has 0 bridgehead atoms. The first-order valence-electron chi connectivity index (χ1n) is 7.91. The SMILES string of the molecule is O=C(O)[C@@H]1Cc2nc[nH]c2CN1Cc1cnc(-c2ccccn2)nc1. The van der Waals surface area contributed by atoms with E-state index in [1.54, 1.807) is 24.9 Å². The van der Waals surface area contributed by atoms with Gasteiger partial charge in [-0.3, -0.25) is 14.7 Å². The normalized spacial score (nSPS) is 17.2. The summed E-state index contributed by atoms with van der Waals surface area (Å²) in [6.45, 7) is 0.965. The molecule has 0 unspecified atom stereocenters. The number of carboxylic acids is 1. The third-order valence-electron chi connectivity index (χ3n) is 4.27. The number of aliphatic carboxylic acids is 1. The number of hydrogen-bond acceptors (Lipinski definition) is 6. The van der Waals surface area contributed by atoms with Crippen LogP contribution >= 0.6 is 0 Å². The van der Waals surface area contributed by atoms with Crippen LogP contribution in [0.3, 0.4) is 0 Å². The minimum atomic E-state index is -0.848. The highest BCUT2D eigenvalue weighted by Gasteiger charge is 2.32. The summed E-state index contributed by atoms with van der Waals surface area (Å²) in [4.78, 5) is 33.7. The lowest BCUT2D eigenvalue weighted by atomic mass is 10.0. The molecule has 2 N–H and O–H groups in total. The van der Waals surface area contributed by atoms with Gasteiger partial charge in [0.2, 0.25) is 0 Å². The number of carboxylic acid groups (broad SMARTS) is 1. The number of carbonyl (C=O) groups is 1. The minimum Gasteiger partial charge on any atom is -0.480 e. The average Bonchev–Trinajstić information content (AvgIpc) is 3.10. The number of fused-ring (bicyclic) bond motifs is 1. The molecule has 0 radical (unpaired) electrons. The van der Waals surface area contributed by atoms with E-state index in [2.05, 4.69) is 24.9 Å². The van der Waals surface area contributed by atoms with Crippen molar-refractivity contribution in [2.75, 3.05) is 0 Å². The zero-order chi connectivity index (χ0) is 17.2. The summed E-state index contributed by atoms with van der Waals surface area (Å²) in [5, 5.41) is 9.52. The molecule has 0 aliphatic carbocycles. The van der Waals surface area contributed by atoms with E-state index in [0.29, 0.717) is 31.0 Å². The molecule has 0 fully saturated rings.